The Morgan fingerprint density at radius 1 is 0.359 bits per heavy atom. The van der Waals surface area contributed by atoms with E-state index in [0.29, 0.717) is 23.0 Å². The molecular weight excluding hydrogens is 873 g/mol. The molecule has 322 valence electrons. The highest BCUT2D eigenvalue weighted by molar-refractivity contribution is 7.92. The molecule has 0 spiro atoms. The predicted octanol–water partition coefficient (Wildman–Crippen LogP) is 11.6. The maximum Gasteiger partial charge on any atom is 0.298 e. The molecule has 0 aliphatic rings. The third-order valence-corrected chi connectivity index (χ3v) is 14.5. The van der Waals surface area contributed by atoms with E-state index < -0.39 is 34.7 Å². The fourth-order valence-corrected chi connectivity index (χ4v) is 9.90. The van der Waals surface area contributed by atoms with Crippen LogP contribution in [0.2, 0.25) is 0 Å². The standard InChI is InChI=1S/C50H38O11S3/c1-34-3-25-45(26-4-34)62(51,52)46-27-21-42(22-28-46)59-41-17-9-37(10-18-41)38-11-19-44(20-12-38)61-49-32-31-48(33-50(49)64(55,56)57)63(53,54)47-29-23-43(24-30-47)60-40-15-7-36(8-16-40)35-5-13-39(58-2)14-6-35/h3-33H,1-2H3,(H,55,56,57). The number of aryl methyl sites for hydroxylation is 1. The van der Waals surface area contributed by atoms with E-state index in [1.54, 1.807) is 92.0 Å². The largest absolute Gasteiger partial charge is 0.497 e. The lowest BCUT2D eigenvalue weighted by molar-refractivity contribution is 0.415. The van der Waals surface area contributed by atoms with Crippen molar-refractivity contribution in [2.45, 2.75) is 31.4 Å². The second kappa shape index (κ2) is 17.9. The molecule has 0 aromatic heterocycles. The van der Waals surface area contributed by atoms with E-state index in [2.05, 4.69) is 0 Å². The maximum atomic E-state index is 13.7. The fourth-order valence-electron chi connectivity index (χ4n) is 6.63. The molecule has 0 radical (unpaired) electrons. The summed E-state index contributed by atoms with van der Waals surface area (Å²) in [6, 6.07) is 50.7. The van der Waals surface area contributed by atoms with Crippen LogP contribution in [-0.4, -0.2) is 36.9 Å². The van der Waals surface area contributed by atoms with Crippen LogP contribution >= 0.6 is 0 Å². The van der Waals surface area contributed by atoms with Gasteiger partial charge in [0, 0.05) is 0 Å². The quantitative estimate of drug-likeness (QED) is 0.103. The van der Waals surface area contributed by atoms with E-state index >= 15 is 0 Å². The first-order valence-corrected chi connectivity index (χ1v) is 23.9. The molecule has 64 heavy (non-hydrogen) atoms. The number of sulfone groups is 2. The van der Waals surface area contributed by atoms with E-state index in [-0.39, 0.29) is 31.1 Å². The lowest BCUT2D eigenvalue weighted by atomic mass is 10.1. The Morgan fingerprint density at radius 2 is 0.656 bits per heavy atom. The van der Waals surface area contributed by atoms with Crippen molar-refractivity contribution >= 4 is 29.8 Å². The summed E-state index contributed by atoms with van der Waals surface area (Å²) in [6.45, 7) is 1.89. The molecule has 0 atom stereocenters. The van der Waals surface area contributed by atoms with Gasteiger partial charge in [-0.2, -0.15) is 8.42 Å². The summed E-state index contributed by atoms with van der Waals surface area (Å²) >= 11 is 0. The summed E-state index contributed by atoms with van der Waals surface area (Å²) in [7, 11) is -11.2. The van der Waals surface area contributed by atoms with Crippen molar-refractivity contribution in [1.29, 1.82) is 0 Å². The SMILES string of the molecule is COc1ccc(-c2ccc(Oc3ccc(S(=O)(=O)c4ccc(Oc5ccc(-c6ccc(Oc7ccc(S(=O)(=O)c8ccc(C)cc8)cc7)cc6)cc5)c(S(=O)(=O)O)c4)cc3)cc2)cc1. The van der Waals surface area contributed by atoms with Gasteiger partial charge in [-0.05, 0) is 157 Å². The number of hydrogen-bond donors (Lipinski definition) is 1. The first-order chi connectivity index (χ1) is 30.6. The molecule has 8 aromatic rings. The monoisotopic (exact) mass is 910 g/mol. The third kappa shape index (κ3) is 9.70. The van der Waals surface area contributed by atoms with Gasteiger partial charge in [0.15, 0.2) is 0 Å². The first kappa shape index (κ1) is 43.4. The number of ether oxygens (including phenoxy) is 4. The minimum Gasteiger partial charge on any atom is -0.497 e. The van der Waals surface area contributed by atoms with Gasteiger partial charge in [0.2, 0.25) is 19.7 Å². The Morgan fingerprint density at radius 3 is 1.02 bits per heavy atom. The summed E-state index contributed by atoms with van der Waals surface area (Å²) in [4.78, 5) is -0.862. The van der Waals surface area contributed by atoms with Crippen molar-refractivity contribution in [3.8, 4) is 62.5 Å². The number of methoxy groups -OCH3 is 1. The van der Waals surface area contributed by atoms with Crippen LogP contribution in [0.3, 0.4) is 0 Å². The molecule has 0 amide bonds. The van der Waals surface area contributed by atoms with Gasteiger partial charge in [-0.3, -0.25) is 4.55 Å². The average Bonchev–Trinajstić information content (AvgIpc) is 3.30. The molecule has 0 saturated carbocycles. The summed E-state index contributed by atoms with van der Waals surface area (Å²) in [5.41, 5.74) is 4.55. The van der Waals surface area contributed by atoms with Crippen LogP contribution in [0.15, 0.2) is 213 Å². The Balaban J connectivity index is 0.908. The summed E-state index contributed by atoms with van der Waals surface area (Å²) in [5.74, 6) is 2.59. The van der Waals surface area contributed by atoms with Crippen LogP contribution in [0.25, 0.3) is 22.3 Å². The zero-order valence-corrected chi connectivity index (χ0v) is 36.6. The lowest BCUT2D eigenvalue weighted by Gasteiger charge is -2.13. The third-order valence-electron chi connectivity index (χ3n) is 10.1. The number of rotatable bonds is 14. The molecule has 8 rings (SSSR count). The van der Waals surface area contributed by atoms with Crippen LogP contribution < -0.4 is 18.9 Å². The van der Waals surface area contributed by atoms with E-state index in [0.717, 1.165) is 39.6 Å². The smallest absolute Gasteiger partial charge is 0.298 e. The summed E-state index contributed by atoms with van der Waals surface area (Å²) in [5, 5.41) is 0. The summed E-state index contributed by atoms with van der Waals surface area (Å²) < 4.78 is 111. The van der Waals surface area contributed by atoms with E-state index in [1.165, 1.54) is 48.5 Å². The molecule has 14 heteroatoms. The van der Waals surface area contributed by atoms with Crippen LogP contribution in [0.5, 0.6) is 40.2 Å². The molecule has 0 fully saturated rings. The second-order valence-corrected chi connectivity index (χ2v) is 19.7. The van der Waals surface area contributed by atoms with Crippen LogP contribution in [0, 0.1) is 6.92 Å². The van der Waals surface area contributed by atoms with Crippen LogP contribution in [0.4, 0.5) is 0 Å². The normalized spacial score (nSPS) is 11.7. The molecule has 0 aliphatic heterocycles. The molecule has 0 unspecified atom stereocenters. The second-order valence-electron chi connectivity index (χ2n) is 14.5. The van der Waals surface area contributed by atoms with Gasteiger partial charge in [-0.15, -0.1) is 0 Å². The van der Waals surface area contributed by atoms with Crippen molar-refractivity contribution in [3.63, 3.8) is 0 Å². The predicted molar refractivity (Wildman–Crippen MR) is 242 cm³/mol. The molecule has 0 aliphatic carbocycles. The lowest BCUT2D eigenvalue weighted by Crippen LogP contribution is -2.06. The van der Waals surface area contributed by atoms with Gasteiger partial charge in [0.1, 0.15) is 45.1 Å². The Labute approximate surface area is 371 Å². The van der Waals surface area contributed by atoms with Crippen molar-refractivity contribution in [3.05, 3.63) is 194 Å². The van der Waals surface area contributed by atoms with Gasteiger partial charge in [-0.1, -0.05) is 66.2 Å². The Bertz CT molecular complexity index is 3260. The van der Waals surface area contributed by atoms with Crippen molar-refractivity contribution < 1.29 is 48.8 Å². The van der Waals surface area contributed by atoms with Gasteiger partial charge < -0.3 is 18.9 Å². The fraction of sp³-hybridized carbons (Fsp3) is 0.0400. The van der Waals surface area contributed by atoms with Crippen LogP contribution in [-0.2, 0) is 29.8 Å². The van der Waals surface area contributed by atoms with E-state index in [4.69, 9.17) is 18.9 Å². The van der Waals surface area contributed by atoms with Crippen molar-refractivity contribution in [2.24, 2.45) is 0 Å². The van der Waals surface area contributed by atoms with Gasteiger partial charge >= 0.3 is 0 Å². The van der Waals surface area contributed by atoms with Crippen molar-refractivity contribution in [1.82, 2.24) is 0 Å². The molecule has 11 nitrogen and oxygen atoms in total. The average molecular weight is 911 g/mol. The molecule has 8 aromatic carbocycles. The zero-order valence-electron chi connectivity index (χ0n) is 34.2. The molecule has 0 saturated heterocycles. The number of benzene rings is 8. The molecule has 0 heterocycles. The molecule has 0 bridgehead atoms. The molecular formula is C50H38O11S3. The van der Waals surface area contributed by atoms with Gasteiger partial charge in [0.25, 0.3) is 10.1 Å². The van der Waals surface area contributed by atoms with E-state index in [9.17, 15) is 29.8 Å². The van der Waals surface area contributed by atoms with Crippen LogP contribution in [0.1, 0.15) is 5.56 Å². The Kier molecular flexibility index (Phi) is 12.1. The maximum absolute atomic E-state index is 13.7. The number of hydrogen-bond acceptors (Lipinski definition) is 10. The Hall–Kier alpha value is -7.23. The van der Waals surface area contributed by atoms with Gasteiger partial charge in [0.05, 0.1) is 26.7 Å². The van der Waals surface area contributed by atoms with Gasteiger partial charge in [-0.25, -0.2) is 16.8 Å². The highest BCUT2D eigenvalue weighted by Crippen LogP contribution is 2.36. The highest BCUT2D eigenvalue weighted by atomic mass is 32.2. The molecule has 1 N–H and O–H groups in total. The topological polar surface area (TPSA) is 160 Å². The first-order valence-electron chi connectivity index (χ1n) is 19.5. The minimum atomic E-state index is -4.94. The highest BCUT2D eigenvalue weighted by Gasteiger charge is 2.25. The van der Waals surface area contributed by atoms with Crippen molar-refractivity contribution in [2.75, 3.05) is 7.11 Å². The summed E-state index contributed by atoms with van der Waals surface area (Å²) in [6.07, 6.45) is 0. The zero-order chi connectivity index (χ0) is 45.1. The van der Waals surface area contributed by atoms with E-state index in [1.807, 2.05) is 55.5 Å². The minimum absolute atomic E-state index is 0.124.